The molecule has 0 bridgehead atoms. The Labute approximate surface area is 202 Å². The van der Waals surface area contributed by atoms with E-state index < -0.39 is 0 Å². The van der Waals surface area contributed by atoms with Crippen molar-refractivity contribution in [2.75, 3.05) is 17.3 Å². The van der Waals surface area contributed by atoms with Gasteiger partial charge in [-0.25, -0.2) is 14.5 Å². The Morgan fingerprint density at radius 2 is 1.97 bits per heavy atom. The fraction of sp³-hybridized carbons (Fsp3) is 0.111. The summed E-state index contributed by atoms with van der Waals surface area (Å²) in [6, 6.07) is 17.2. The molecule has 0 saturated carbocycles. The molecule has 8 nitrogen and oxygen atoms in total. The van der Waals surface area contributed by atoms with E-state index in [1.165, 1.54) is 11.2 Å². The summed E-state index contributed by atoms with van der Waals surface area (Å²) in [5.41, 5.74) is 4.28. The van der Waals surface area contributed by atoms with E-state index in [9.17, 15) is 4.79 Å². The highest BCUT2D eigenvalue weighted by Gasteiger charge is 2.12. The minimum atomic E-state index is -0.281. The van der Waals surface area contributed by atoms with Gasteiger partial charge in [0.15, 0.2) is 0 Å². The maximum Gasteiger partial charge on any atom is 0.302 e. The number of pyridine rings is 1. The van der Waals surface area contributed by atoms with Gasteiger partial charge in [0.25, 0.3) is 0 Å². The van der Waals surface area contributed by atoms with Crippen LogP contribution in [0.4, 0.5) is 17.2 Å². The molecule has 0 aliphatic rings. The molecule has 8 heteroatoms. The van der Waals surface area contributed by atoms with Crippen molar-refractivity contribution in [2.45, 2.75) is 13.8 Å². The number of nitrogens with one attached hydrogen (secondary N) is 1. The third-order valence-corrected chi connectivity index (χ3v) is 5.58. The maximum absolute atomic E-state index is 12.2. The van der Waals surface area contributed by atoms with Crippen molar-refractivity contribution in [3.63, 3.8) is 0 Å². The number of hydrogen-bond acceptors (Lipinski definition) is 6. The summed E-state index contributed by atoms with van der Waals surface area (Å²) < 4.78 is 7.86. The number of carbonyl (C=O) groups is 1. The number of fused-ring (bicyclic) bond motifs is 2. The number of aryl methyl sites for hydroxylation is 1. The number of nitrogens with zero attached hydrogens (tertiary/aromatic N) is 5. The normalized spacial score (nSPS) is 10.6. The third-order valence-electron chi connectivity index (χ3n) is 5.58. The van der Waals surface area contributed by atoms with E-state index in [-0.39, 0.29) is 5.91 Å². The van der Waals surface area contributed by atoms with E-state index in [1.807, 2.05) is 67.7 Å². The van der Waals surface area contributed by atoms with E-state index in [4.69, 9.17) is 4.74 Å². The molecule has 0 unspecified atom stereocenters. The van der Waals surface area contributed by atoms with Crippen LogP contribution in [0.3, 0.4) is 0 Å². The highest BCUT2D eigenvalue weighted by molar-refractivity contribution is 6.06. The van der Waals surface area contributed by atoms with Crippen LogP contribution in [0.5, 0.6) is 11.5 Å². The van der Waals surface area contributed by atoms with Crippen molar-refractivity contribution in [3.05, 3.63) is 78.9 Å². The van der Waals surface area contributed by atoms with Crippen molar-refractivity contribution in [3.8, 4) is 23.3 Å². The van der Waals surface area contributed by atoms with Crippen LogP contribution < -0.4 is 15.0 Å². The van der Waals surface area contributed by atoms with Gasteiger partial charge < -0.3 is 15.0 Å². The first-order valence-corrected chi connectivity index (χ1v) is 11.0. The highest BCUT2D eigenvalue weighted by atomic mass is 16.5. The minimum absolute atomic E-state index is 0.281. The molecule has 0 aliphatic heterocycles. The van der Waals surface area contributed by atoms with E-state index in [0.717, 1.165) is 33.4 Å². The molecule has 3 aromatic heterocycles. The minimum Gasteiger partial charge on any atom is -0.455 e. The van der Waals surface area contributed by atoms with Gasteiger partial charge >= 0.3 is 5.91 Å². The molecular formula is C27H22N6O2. The Hall–Kier alpha value is -4.90. The Bertz CT molecular complexity index is 1630. The topological polar surface area (TPSA) is 84.7 Å². The second kappa shape index (κ2) is 9.15. The number of anilines is 3. The second-order valence-corrected chi connectivity index (χ2v) is 7.94. The van der Waals surface area contributed by atoms with E-state index >= 15 is 0 Å². The van der Waals surface area contributed by atoms with Gasteiger partial charge in [-0.15, -0.1) is 0 Å². The summed E-state index contributed by atoms with van der Waals surface area (Å²) in [5, 5.41) is 8.41. The molecule has 0 aliphatic carbocycles. The van der Waals surface area contributed by atoms with Gasteiger partial charge in [-0.05, 0) is 79.9 Å². The summed E-state index contributed by atoms with van der Waals surface area (Å²) >= 11 is 0. The van der Waals surface area contributed by atoms with Gasteiger partial charge in [-0.2, -0.15) is 5.10 Å². The van der Waals surface area contributed by atoms with Crippen LogP contribution in [0.15, 0.2) is 73.3 Å². The monoisotopic (exact) mass is 462 g/mol. The van der Waals surface area contributed by atoms with Crippen molar-refractivity contribution < 1.29 is 9.53 Å². The molecule has 172 valence electrons. The molecule has 2 aromatic carbocycles. The fourth-order valence-electron chi connectivity index (χ4n) is 3.72. The summed E-state index contributed by atoms with van der Waals surface area (Å²) in [6.07, 6.45) is 5.11. The van der Waals surface area contributed by atoms with Crippen LogP contribution in [0.25, 0.3) is 16.4 Å². The van der Waals surface area contributed by atoms with Crippen LogP contribution in [0.2, 0.25) is 0 Å². The van der Waals surface area contributed by atoms with Crippen molar-refractivity contribution in [1.29, 1.82) is 0 Å². The smallest absolute Gasteiger partial charge is 0.302 e. The lowest BCUT2D eigenvalue weighted by molar-refractivity contribution is -0.113. The zero-order chi connectivity index (χ0) is 24.4. The molecule has 0 radical (unpaired) electrons. The molecular weight excluding hydrogens is 440 g/mol. The van der Waals surface area contributed by atoms with E-state index in [1.54, 1.807) is 24.7 Å². The number of ether oxygens (including phenoxy) is 1. The van der Waals surface area contributed by atoms with Gasteiger partial charge in [-0.3, -0.25) is 4.79 Å². The molecule has 1 amide bonds. The predicted molar refractivity (Wildman–Crippen MR) is 136 cm³/mol. The second-order valence-electron chi connectivity index (χ2n) is 7.94. The summed E-state index contributed by atoms with van der Waals surface area (Å²) in [5.74, 6) is 6.99. The van der Waals surface area contributed by atoms with Gasteiger partial charge in [0.1, 0.15) is 23.6 Å². The maximum atomic E-state index is 12.2. The van der Waals surface area contributed by atoms with Gasteiger partial charge in [0.05, 0.1) is 17.2 Å². The largest absolute Gasteiger partial charge is 0.455 e. The average molecular weight is 463 g/mol. The molecule has 0 fully saturated rings. The lowest BCUT2D eigenvalue weighted by atomic mass is 10.1. The molecule has 35 heavy (non-hydrogen) atoms. The SMILES string of the molecule is CC#CC(=O)N(C)c1ccc2ncnc(Nc3ccc(Oc4ccc5ccnn5c4)c(C)c3)c2c1. The van der Waals surface area contributed by atoms with Crippen molar-refractivity contribution in [1.82, 2.24) is 19.6 Å². The van der Waals surface area contributed by atoms with Crippen LogP contribution in [-0.4, -0.2) is 32.5 Å². The zero-order valence-electron chi connectivity index (χ0n) is 19.5. The number of aromatic nitrogens is 4. The van der Waals surface area contributed by atoms with Gasteiger partial charge in [0, 0.05) is 30.0 Å². The first kappa shape index (κ1) is 21.9. The quantitative estimate of drug-likeness (QED) is 0.366. The molecule has 5 aromatic rings. The lowest BCUT2D eigenvalue weighted by Gasteiger charge is -2.16. The molecule has 0 spiro atoms. The van der Waals surface area contributed by atoms with Crippen LogP contribution in [0.1, 0.15) is 12.5 Å². The van der Waals surface area contributed by atoms with E-state index in [0.29, 0.717) is 17.3 Å². The molecule has 5 rings (SSSR count). The van der Waals surface area contributed by atoms with Gasteiger partial charge in [0.2, 0.25) is 0 Å². The predicted octanol–water partition coefficient (Wildman–Crippen LogP) is 5.11. The molecule has 0 atom stereocenters. The number of amides is 1. The molecule has 0 saturated heterocycles. The lowest BCUT2D eigenvalue weighted by Crippen LogP contribution is -2.24. The summed E-state index contributed by atoms with van der Waals surface area (Å²) in [7, 11) is 1.69. The number of benzene rings is 2. The van der Waals surface area contributed by atoms with Crippen molar-refractivity contribution in [2.24, 2.45) is 0 Å². The Morgan fingerprint density at radius 1 is 1.09 bits per heavy atom. The number of rotatable bonds is 5. The fourth-order valence-corrected chi connectivity index (χ4v) is 3.72. The van der Waals surface area contributed by atoms with Crippen LogP contribution in [-0.2, 0) is 4.79 Å². The van der Waals surface area contributed by atoms with Crippen LogP contribution >= 0.6 is 0 Å². The first-order valence-electron chi connectivity index (χ1n) is 11.0. The standard InChI is InChI=1S/C27H22N6O2/c1-4-5-26(34)32(3)21-8-10-24-23(15-21)27(29-17-28-24)31-19-6-11-25(18(2)14-19)35-22-9-7-20-12-13-30-33(20)16-22/h6-17H,1-3H3,(H,28,29,31). The Kier molecular flexibility index (Phi) is 5.73. The van der Waals surface area contributed by atoms with Gasteiger partial charge in [-0.1, -0.05) is 5.92 Å². The molecule has 3 heterocycles. The first-order chi connectivity index (χ1) is 17.0. The van der Waals surface area contributed by atoms with Crippen LogP contribution in [0, 0.1) is 18.8 Å². The summed E-state index contributed by atoms with van der Waals surface area (Å²) in [6.45, 7) is 3.62. The Morgan fingerprint density at radius 3 is 2.80 bits per heavy atom. The van der Waals surface area contributed by atoms with E-state index in [2.05, 4.69) is 32.2 Å². The average Bonchev–Trinajstić information content (AvgIpc) is 3.33. The third kappa shape index (κ3) is 4.48. The summed E-state index contributed by atoms with van der Waals surface area (Å²) in [4.78, 5) is 22.5. The Balaban J connectivity index is 1.41. The number of hydrogen-bond donors (Lipinski definition) is 1. The number of carbonyl (C=O) groups excluding carboxylic acids is 1. The highest BCUT2D eigenvalue weighted by Crippen LogP contribution is 2.31. The molecule has 1 N–H and O–H groups in total. The van der Waals surface area contributed by atoms with Crippen molar-refractivity contribution >= 4 is 39.5 Å². The zero-order valence-corrected chi connectivity index (χ0v) is 19.5.